The molecule has 1 aliphatic rings. The maximum absolute atomic E-state index is 6.32. The number of halogens is 1. The van der Waals surface area contributed by atoms with Gasteiger partial charge in [0.25, 0.3) is 0 Å². The van der Waals surface area contributed by atoms with Crippen molar-refractivity contribution < 1.29 is 0 Å². The van der Waals surface area contributed by atoms with Gasteiger partial charge in [0.05, 0.1) is 6.04 Å². The van der Waals surface area contributed by atoms with E-state index in [0.29, 0.717) is 5.84 Å². The van der Waals surface area contributed by atoms with Gasteiger partial charge >= 0.3 is 0 Å². The number of aryl methyl sites for hydroxylation is 2. The highest BCUT2D eigenvalue weighted by atomic mass is 35.5. The predicted octanol–water partition coefficient (Wildman–Crippen LogP) is 3.48. The van der Waals surface area contributed by atoms with Crippen molar-refractivity contribution in [3.63, 3.8) is 0 Å². The fraction of sp³-hybridized carbons (Fsp3) is 0.350. The minimum atomic E-state index is -0.0610. The van der Waals surface area contributed by atoms with Crippen LogP contribution in [0.5, 0.6) is 0 Å². The van der Waals surface area contributed by atoms with Crippen LogP contribution in [0.3, 0.4) is 0 Å². The van der Waals surface area contributed by atoms with E-state index in [0.717, 1.165) is 24.4 Å². The van der Waals surface area contributed by atoms with E-state index in [4.69, 9.17) is 23.2 Å². The highest BCUT2D eigenvalue weighted by Gasteiger charge is 2.29. The van der Waals surface area contributed by atoms with Crippen molar-refractivity contribution >= 4 is 29.4 Å². The number of nitrogens with zero attached hydrogens (tertiary/aromatic N) is 2. The van der Waals surface area contributed by atoms with Crippen LogP contribution < -0.4 is 17.1 Å². The van der Waals surface area contributed by atoms with Crippen LogP contribution >= 0.6 is 23.5 Å². The van der Waals surface area contributed by atoms with E-state index in [2.05, 4.69) is 53.9 Å². The molecule has 2 aromatic carbocycles. The summed E-state index contributed by atoms with van der Waals surface area (Å²) in [5, 5.41) is 4.87. The molecule has 0 radical (unpaired) electrons. The van der Waals surface area contributed by atoms with E-state index < -0.39 is 0 Å². The monoisotopic (exact) mass is 403 g/mol. The SMILES string of the molecule is Cc1ccc(C)c(CC(/C(N)=N/NN)N2CCc3cc(Cl)ccc3S2)c1C. The number of amidine groups is 1. The van der Waals surface area contributed by atoms with Crippen LogP contribution in [0.25, 0.3) is 0 Å². The van der Waals surface area contributed by atoms with Gasteiger partial charge < -0.3 is 5.73 Å². The number of rotatable bonds is 5. The highest BCUT2D eigenvalue weighted by Crippen LogP contribution is 2.36. The van der Waals surface area contributed by atoms with Crippen molar-refractivity contribution in [1.29, 1.82) is 0 Å². The van der Waals surface area contributed by atoms with Crippen LogP contribution in [0.2, 0.25) is 5.02 Å². The molecule has 0 fully saturated rings. The first-order chi connectivity index (χ1) is 12.9. The summed E-state index contributed by atoms with van der Waals surface area (Å²) in [6.45, 7) is 7.33. The van der Waals surface area contributed by atoms with E-state index in [-0.39, 0.29) is 6.04 Å². The van der Waals surface area contributed by atoms with Crippen LogP contribution in [0.1, 0.15) is 27.8 Å². The van der Waals surface area contributed by atoms with Crippen LogP contribution in [0.4, 0.5) is 0 Å². The third-order valence-electron chi connectivity index (χ3n) is 5.22. The molecule has 0 amide bonds. The summed E-state index contributed by atoms with van der Waals surface area (Å²) in [7, 11) is 0. The zero-order chi connectivity index (χ0) is 19.6. The fourth-order valence-corrected chi connectivity index (χ4v) is 4.82. The van der Waals surface area contributed by atoms with Gasteiger partial charge in [-0.15, -0.1) is 0 Å². The molecule has 5 nitrogen and oxygen atoms in total. The summed E-state index contributed by atoms with van der Waals surface area (Å²) >= 11 is 7.85. The minimum Gasteiger partial charge on any atom is -0.384 e. The Hall–Kier alpha value is -1.73. The second-order valence-corrected chi connectivity index (χ2v) is 8.45. The van der Waals surface area contributed by atoms with Gasteiger partial charge in [-0.05, 0) is 91.6 Å². The van der Waals surface area contributed by atoms with Crippen molar-refractivity contribution in [1.82, 2.24) is 9.84 Å². The Balaban J connectivity index is 1.93. The number of hydrogen-bond donors (Lipinski definition) is 3. The van der Waals surface area contributed by atoms with Crippen molar-refractivity contribution in [2.24, 2.45) is 16.7 Å². The molecule has 0 saturated carbocycles. The van der Waals surface area contributed by atoms with Gasteiger partial charge in [-0.25, -0.2) is 15.7 Å². The molecule has 1 aliphatic heterocycles. The Bertz CT molecular complexity index is 868. The normalized spacial score (nSPS) is 16.1. The van der Waals surface area contributed by atoms with Crippen LogP contribution in [0, 0.1) is 20.8 Å². The molecule has 1 unspecified atom stereocenters. The Morgan fingerprint density at radius 1 is 1.26 bits per heavy atom. The number of fused-ring (bicyclic) bond motifs is 1. The molecule has 0 aliphatic carbocycles. The lowest BCUT2D eigenvalue weighted by atomic mass is 9.93. The standard InChI is InChI=1S/C20H26ClN5S/c1-12-4-5-13(2)17(14(12)3)11-18(20(22)24-25-23)26-9-8-15-10-16(21)6-7-19(15)27-26/h4-7,10,18,25H,8-9,11,23H2,1-3H3,(H2,22,24). The summed E-state index contributed by atoms with van der Waals surface area (Å²) in [5.41, 5.74) is 15.1. The zero-order valence-electron chi connectivity index (χ0n) is 15.9. The van der Waals surface area contributed by atoms with Crippen LogP contribution in [0.15, 0.2) is 40.3 Å². The van der Waals surface area contributed by atoms with E-state index in [1.165, 1.54) is 32.7 Å². The lowest BCUT2D eigenvalue weighted by Crippen LogP contribution is -2.46. The molecule has 1 atom stereocenters. The number of nitrogens with two attached hydrogens (primary N) is 2. The van der Waals surface area contributed by atoms with Crippen molar-refractivity contribution in [2.45, 2.75) is 44.6 Å². The molecule has 27 heavy (non-hydrogen) atoms. The van der Waals surface area contributed by atoms with Crippen molar-refractivity contribution in [2.75, 3.05) is 6.54 Å². The third-order valence-corrected chi connectivity index (χ3v) is 6.72. The average molecular weight is 404 g/mol. The smallest absolute Gasteiger partial charge is 0.139 e. The van der Waals surface area contributed by atoms with Gasteiger partial charge in [0.2, 0.25) is 0 Å². The molecule has 0 saturated heterocycles. The minimum absolute atomic E-state index is 0.0610. The predicted molar refractivity (Wildman–Crippen MR) is 115 cm³/mol. The first-order valence-corrected chi connectivity index (χ1v) is 10.1. The first-order valence-electron chi connectivity index (χ1n) is 8.98. The number of hydrogen-bond acceptors (Lipinski definition) is 5. The lowest BCUT2D eigenvalue weighted by Gasteiger charge is -2.34. The zero-order valence-corrected chi connectivity index (χ0v) is 17.5. The third kappa shape index (κ3) is 4.41. The number of nitrogens with one attached hydrogen (secondary N) is 1. The quantitative estimate of drug-likeness (QED) is 0.234. The van der Waals surface area contributed by atoms with Gasteiger partial charge in [-0.1, -0.05) is 23.7 Å². The van der Waals surface area contributed by atoms with Crippen LogP contribution in [-0.2, 0) is 12.8 Å². The maximum atomic E-state index is 6.32. The van der Waals surface area contributed by atoms with Crippen molar-refractivity contribution in [3.05, 3.63) is 63.2 Å². The number of benzene rings is 2. The maximum Gasteiger partial charge on any atom is 0.139 e. The molecule has 0 spiro atoms. The van der Waals surface area contributed by atoms with Gasteiger partial charge in [0.1, 0.15) is 5.84 Å². The average Bonchev–Trinajstić information content (AvgIpc) is 2.65. The summed E-state index contributed by atoms with van der Waals surface area (Å²) in [6, 6.07) is 10.3. The van der Waals surface area contributed by atoms with Gasteiger partial charge in [-0.2, -0.15) is 5.10 Å². The van der Waals surface area contributed by atoms with E-state index >= 15 is 0 Å². The van der Waals surface area contributed by atoms with Crippen molar-refractivity contribution in [3.8, 4) is 0 Å². The van der Waals surface area contributed by atoms with E-state index in [1.807, 2.05) is 12.1 Å². The summed E-state index contributed by atoms with van der Waals surface area (Å²) in [5.74, 6) is 5.90. The van der Waals surface area contributed by atoms with Crippen LogP contribution in [-0.4, -0.2) is 22.7 Å². The van der Waals surface area contributed by atoms with Gasteiger partial charge in [0.15, 0.2) is 0 Å². The first kappa shape index (κ1) is 20.0. The molecule has 144 valence electrons. The molecular formula is C20H26ClN5S. The Morgan fingerprint density at radius 2 is 2.00 bits per heavy atom. The molecule has 2 aromatic rings. The number of hydrazone groups is 1. The number of hydrazine groups is 1. The van der Waals surface area contributed by atoms with E-state index in [9.17, 15) is 0 Å². The second kappa shape index (κ2) is 8.52. The highest BCUT2D eigenvalue weighted by molar-refractivity contribution is 7.97. The Morgan fingerprint density at radius 3 is 2.74 bits per heavy atom. The molecule has 1 heterocycles. The van der Waals surface area contributed by atoms with Gasteiger partial charge in [-0.3, -0.25) is 0 Å². The van der Waals surface area contributed by atoms with Gasteiger partial charge in [0, 0.05) is 16.5 Å². The summed E-state index contributed by atoms with van der Waals surface area (Å²) < 4.78 is 2.30. The molecular weight excluding hydrogens is 378 g/mol. The molecule has 5 N–H and O–H groups in total. The Labute approximate surface area is 170 Å². The molecule has 0 aromatic heterocycles. The summed E-state index contributed by atoms with van der Waals surface area (Å²) in [4.78, 5) is 1.21. The van der Waals surface area contributed by atoms with E-state index in [1.54, 1.807) is 11.9 Å². The molecule has 3 rings (SSSR count). The molecule has 7 heteroatoms. The Kier molecular flexibility index (Phi) is 6.32. The summed E-state index contributed by atoms with van der Waals surface area (Å²) in [6.07, 6.45) is 1.71. The lowest BCUT2D eigenvalue weighted by molar-refractivity contribution is 0.411. The fourth-order valence-electron chi connectivity index (χ4n) is 3.47. The largest absolute Gasteiger partial charge is 0.384 e. The topological polar surface area (TPSA) is 79.7 Å². The second-order valence-electron chi connectivity index (χ2n) is 6.92. The molecule has 0 bridgehead atoms.